The molecule has 8 nitrogen and oxygen atoms in total. The summed E-state index contributed by atoms with van der Waals surface area (Å²) in [6, 6.07) is 15.1. The summed E-state index contributed by atoms with van der Waals surface area (Å²) in [6.07, 6.45) is 2.08. The lowest BCUT2D eigenvalue weighted by Gasteiger charge is -2.13. The summed E-state index contributed by atoms with van der Waals surface area (Å²) in [7, 11) is 1.63. The molecule has 0 atom stereocenters. The molecule has 0 saturated carbocycles. The molecule has 0 aliphatic rings. The molecule has 0 fully saturated rings. The summed E-state index contributed by atoms with van der Waals surface area (Å²) >= 11 is 1.47. The van der Waals surface area contributed by atoms with E-state index in [2.05, 4.69) is 22.4 Å². The second-order valence-electron chi connectivity index (χ2n) is 7.11. The minimum Gasteiger partial charge on any atom is -0.497 e. The molecule has 0 saturated heterocycles. The SMILES string of the molecule is CCCCn1nnnc1CSc1nc2ccccc2c(=O)n1Cc1ccc(OC)cc1. The summed E-state index contributed by atoms with van der Waals surface area (Å²) in [5, 5.41) is 13.3. The zero-order valence-corrected chi connectivity index (χ0v) is 18.4. The van der Waals surface area contributed by atoms with Gasteiger partial charge in [-0.25, -0.2) is 9.67 Å². The maximum absolute atomic E-state index is 13.3. The Hall–Kier alpha value is -3.20. The van der Waals surface area contributed by atoms with Crippen molar-refractivity contribution in [2.75, 3.05) is 7.11 Å². The monoisotopic (exact) mass is 436 g/mol. The van der Waals surface area contributed by atoms with Crippen LogP contribution in [0, 0.1) is 0 Å². The van der Waals surface area contributed by atoms with Gasteiger partial charge >= 0.3 is 0 Å². The fourth-order valence-corrected chi connectivity index (χ4v) is 4.18. The van der Waals surface area contributed by atoms with Gasteiger partial charge in [-0.2, -0.15) is 0 Å². The van der Waals surface area contributed by atoms with E-state index in [1.54, 1.807) is 11.7 Å². The molecule has 2 heterocycles. The van der Waals surface area contributed by atoms with Crippen molar-refractivity contribution < 1.29 is 4.74 Å². The molecule has 2 aromatic heterocycles. The molecule has 4 rings (SSSR count). The van der Waals surface area contributed by atoms with Gasteiger partial charge in [0.1, 0.15) is 5.75 Å². The van der Waals surface area contributed by atoms with Crippen LogP contribution in [0.4, 0.5) is 0 Å². The number of thioether (sulfide) groups is 1. The van der Waals surface area contributed by atoms with Crippen molar-refractivity contribution in [2.45, 2.75) is 43.8 Å². The van der Waals surface area contributed by atoms with Crippen LogP contribution in [0.3, 0.4) is 0 Å². The van der Waals surface area contributed by atoms with Gasteiger partial charge in [0.25, 0.3) is 5.56 Å². The smallest absolute Gasteiger partial charge is 0.262 e. The van der Waals surface area contributed by atoms with E-state index in [0.717, 1.165) is 36.5 Å². The molecule has 0 radical (unpaired) electrons. The van der Waals surface area contributed by atoms with Crippen LogP contribution in [-0.4, -0.2) is 36.9 Å². The van der Waals surface area contributed by atoms with E-state index in [9.17, 15) is 4.79 Å². The van der Waals surface area contributed by atoms with Gasteiger partial charge in [0, 0.05) is 6.54 Å². The van der Waals surface area contributed by atoms with E-state index in [0.29, 0.717) is 28.4 Å². The first-order valence-electron chi connectivity index (χ1n) is 10.2. The predicted molar refractivity (Wildman–Crippen MR) is 120 cm³/mol. The molecule has 0 aliphatic carbocycles. The van der Waals surface area contributed by atoms with Crippen LogP contribution < -0.4 is 10.3 Å². The zero-order valence-electron chi connectivity index (χ0n) is 17.6. The highest BCUT2D eigenvalue weighted by Crippen LogP contribution is 2.22. The fourth-order valence-electron chi connectivity index (χ4n) is 3.25. The van der Waals surface area contributed by atoms with Crippen molar-refractivity contribution in [2.24, 2.45) is 0 Å². The fraction of sp³-hybridized carbons (Fsp3) is 0.318. The summed E-state index contributed by atoms with van der Waals surface area (Å²) in [6.45, 7) is 3.34. The Bertz CT molecular complexity index is 1220. The summed E-state index contributed by atoms with van der Waals surface area (Å²) in [5.41, 5.74) is 1.62. The lowest BCUT2D eigenvalue weighted by Crippen LogP contribution is -2.24. The second-order valence-corrected chi connectivity index (χ2v) is 8.05. The Morgan fingerprint density at radius 2 is 1.90 bits per heavy atom. The Morgan fingerprint density at radius 1 is 1.10 bits per heavy atom. The van der Waals surface area contributed by atoms with Gasteiger partial charge in [-0.3, -0.25) is 9.36 Å². The first kappa shape index (κ1) is 21.0. The van der Waals surface area contributed by atoms with E-state index in [-0.39, 0.29) is 5.56 Å². The third-order valence-corrected chi connectivity index (χ3v) is 5.96. The van der Waals surface area contributed by atoms with Gasteiger partial charge in [-0.15, -0.1) is 5.10 Å². The summed E-state index contributed by atoms with van der Waals surface area (Å²) < 4.78 is 8.78. The van der Waals surface area contributed by atoms with Crippen LogP contribution in [0.1, 0.15) is 31.2 Å². The average molecular weight is 437 g/mol. The number of methoxy groups -OCH3 is 1. The first-order chi connectivity index (χ1) is 15.2. The van der Waals surface area contributed by atoms with Crippen molar-refractivity contribution >= 4 is 22.7 Å². The van der Waals surface area contributed by atoms with Crippen molar-refractivity contribution in [1.82, 2.24) is 29.8 Å². The van der Waals surface area contributed by atoms with Crippen LogP contribution in [0.25, 0.3) is 10.9 Å². The van der Waals surface area contributed by atoms with Crippen molar-refractivity contribution in [3.8, 4) is 5.75 Å². The Labute approximate surface area is 184 Å². The number of aromatic nitrogens is 6. The van der Waals surface area contributed by atoms with Gasteiger partial charge in [0.2, 0.25) is 0 Å². The van der Waals surface area contributed by atoms with Crippen molar-refractivity contribution in [1.29, 1.82) is 0 Å². The molecule has 2 aromatic carbocycles. The molecule has 0 bridgehead atoms. The van der Waals surface area contributed by atoms with Crippen LogP contribution in [0.2, 0.25) is 0 Å². The molecular formula is C22H24N6O2S. The molecular weight excluding hydrogens is 412 g/mol. The van der Waals surface area contributed by atoms with E-state index >= 15 is 0 Å². The third kappa shape index (κ3) is 4.77. The summed E-state index contributed by atoms with van der Waals surface area (Å²) in [4.78, 5) is 18.1. The Morgan fingerprint density at radius 3 is 2.68 bits per heavy atom. The topological polar surface area (TPSA) is 87.7 Å². The van der Waals surface area contributed by atoms with Gasteiger partial charge < -0.3 is 4.74 Å². The number of tetrazole rings is 1. The van der Waals surface area contributed by atoms with E-state index in [4.69, 9.17) is 9.72 Å². The van der Waals surface area contributed by atoms with Crippen LogP contribution in [0.15, 0.2) is 58.5 Å². The predicted octanol–water partition coefficient (Wildman–Crippen LogP) is 3.53. The largest absolute Gasteiger partial charge is 0.497 e. The average Bonchev–Trinajstić information content (AvgIpc) is 3.26. The molecule has 4 aromatic rings. The van der Waals surface area contributed by atoms with Gasteiger partial charge in [0.15, 0.2) is 11.0 Å². The van der Waals surface area contributed by atoms with Gasteiger partial charge in [0.05, 0.1) is 30.3 Å². The highest BCUT2D eigenvalue weighted by Gasteiger charge is 2.14. The number of hydrogen-bond acceptors (Lipinski definition) is 7. The lowest BCUT2D eigenvalue weighted by molar-refractivity contribution is 0.414. The second kappa shape index (κ2) is 9.74. The molecule has 9 heteroatoms. The lowest BCUT2D eigenvalue weighted by atomic mass is 10.2. The number of hydrogen-bond donors (Lipinski definition) is 0. The van der Waals surface area contributed by atoms with E-state index in [1.807, 2.05) is 53.2 Å². The molecule has 0 amide bonds. The summed E-state index contributed by atoms with van der Waals surface area (Å²) in [5.74, 6) is 2.09. The maximum atomic E-state index is 13.3. The van der Waals surface area contributed by atoms with Gasteiger partial charge in [-0.05, 0) is 46.7 Å². The van der Waals surface area contributed by atoms with E-state index < -0.39 is 0 Å². The highest BCUT2D eigenvalue weighted by molar-refractivity contribution is 7.98. The Kier molecular flexibility index (Phi) is 6.61. The van der Waals surface area contributed by atoms with Crippen molar-refractivity contribution in [3.63, 3.8) is 0 Å². The Balaban J connectivity index is 1.67. The standard InChI is InChI=1S/C22H24N6O2S/c1-3-4-13-28-20(24-25-26-28)15-31-22-23-19-8-6-5-7-18(19)21(29)27(22)14-16-9-11-17(30-2)12-10-16/h5-12H,3-4,13-15H2,1-2H3. The normalized spacial score (nSPS) is 11.2. The number of aryl methyl sites for hydroxylation is 1. The molecule has 31 heavy (non-hydrogen) atoms. The zero-order chi connectivity index (χ0) is 21.6. The number of benzene rings is 2. The van der Waals surface area contributed by atoms with Crippen LogP contribution in [-0.2, 0) is 18.8 Å². The minimum atomic E-state index is -0.0607. The van der Waals surface area contributed by atoms with Crippen LogP contribution in [0.5, 0.6) is 5.75 Å². The quantitative estimate of drug-likeness (QED) is 0.293. The number of fused-ring (bicyclic) bond motifs is 1. The van der Waals surface area contributed by atoms with E-state index in [1.165, 1.54) is 11.8 Å². The number of rotatable bonds is 9. The number of para-hydroxylation sites is 1. The molecule has 0 unspecified atom stereocenters. The number of ether oxygens (including phenoxy) is 1. The third-order valence-electron chi connectivity index (χ3n) is 4.99. The van der Waals surface area contributed by atoms with Crippen molar-refractivity contribution in [3.05, 3.63) is 70.3 Å². The highest BCUT2D eigenvalue weighted by atomic mass is 32.2. The minimum absolute atomic E-state index is 0.0607. The molecule has 0 N–H and O–H groups in total. The molecule has 0 aliphatic heterocycles. The molecule has 0 spiro atoms. The number of nitrogens with zero attached hydrogens (tertiary/aromatic N) is 6. The van der Waals surface area contributed by atoms with Gasteiger partial charge in [-0.1, -0.05) is 49.4 Å². The first-order valence-corrected chi connectivity index (χ1v) is 11.2. The van der Waals surface area contributed by atoms with Crippen LogP contribution >= 0.6 is 11.8 Å². The maximum Gasteiger partial charge on any atom is 0.262 e. The number of unbranched alkanes of at least 4 members (excludes halogenated alkanes) is 1. The molecule has 160 valence electrons.